The Morgan fingerprint density at radius 2 is 1.75 bits per heavy atom. The van der Waals surface area contributed by atoms with Crippen LogP contribution in [0.4, 0.5) is 9.18 Å². The molecule has 0 spiro atoms. The first-order valence-electron chi connectivity index (χ1n) is 7.49. The first-order chi connectivity index (χ1) is 11.6. The number of rotatable bonds is 6. The van der Waals surface area contributed by atoms with E-state index in [0.29, 0.717) is 12.0 Å². The molecule has 2 aromatic rings. The molecule has 0 aliphatic rings. The van der Waals surface area contributed by atoms with Gasteiger partial charge in [0.2, 0.25) is 5.91 Å². The van der Waals surface area contributed by atoms with Gasteiger partial charge in [0.05, 0.1) is 13.2 Å². The summed E-state index contributed by atoms with van der Waals surface area (Å²) in [6, 6.07) is 15.2. The van der Waals surface area contributed by atoms with Gasteiger partial charge in [-0.3, -0.25) is 4.79 Å². The number of benzene rings is 2. The highest BCUT2D eigenvalue weighted by Gasteiger charge is 2.18. The van der Waals surface area contributed by atoms with Gasteiger partial charge in [0, 0.05) is 5.56 Å². The third-order valence-electron chi connectivity index (χ3n) is 3.48. The highest BCUT2D eigenvalue weighted by Crippen LogP contribution is 2.21. The zero-order valence-electron chi connectivity index (χ0n) is 13.3. The summed E-state index contributed by atoms with van der Waals surface area (Å²) < 4.78 is 18.5. The van der Waals surface area contributed by atoms with Crippen LogP contribution in [-0.2, 0) is 16.0 Å². The van der Waals surface area contributed by atoms with E-state index in [-0.39, 0.29) is 12.4 Å². The molecular weight excluding hydrogens is 311 g/mol. The second-order valence-electron chi connectivity index (χ2n) is 5.18. The summed E-state index contributed by atoms with van der Waals surface area (Å²) in [7, 11) is 1.21. The predicted octanol–water partition coefficient (Wildman–Crippen LogP) is 2.58. The molecule has 2 N–H and O–H groups in total. The molecule has 0 heterocycles. The van der Waals surface area contributed by atoms with E-state index in [0.717, 1.165) is 5.56 Å². The minimum absolute atomic E-state index is 0.244. The molecule has 0 radical (unpaired) electrons. The molecular formula is C18H19FN2O3. The van der Waals surface area contributed by atoms with Crippen molar-refractivity contribution in [3.05, 3.63) is 71.5 Å². The smallest absolute Gasteiger partial charge is 0.407 e. The van der Waals surface area contributed by atoms with Gasteiger partial charge < -0.3 is 15.4 Å². The molecule has 24 heavy (non-hydrogen) atoms. The fourth-order valence-electron chi connectivity index (χ4n) is 2.32. The number of methoxy groups -OCH3 is 1. The highest BCUT2D eigenvalue weighted by atomic mass is 19.1. The van der Waals surface area contributed by atoms with Crippen LogP contribution >= 0.6 is 0 Å². The summed E-state index contributed by atoms with van der Waals surface area (Å²) in [6.07, 6.45) is -0.262. The van der Waals surface area contributed by atoms with E-state index in [9.17, 15) is 14.0 Å². The largest absolute Gasteiger partial charge is 0.453 e. The Bertz CT molecular complexity index is 692. The number of nitrogens with one attached hydrogen (secondary N) is 2. The zero-order chi connectivity index (χ0) is 17.4. The minimum atomic E-state index is -0.698. The van der Waals surface area contributed by atoms with Crippen molar-refractivity contribution in [3.8, 4) is 0 Å². The lowest BCUT2D eigenvalue weighted by Crippen LogP contribution is -2.39. The van der Waals surface area contributed by atoms with Crippen LogP contribution in [0.3, 0.4) is 0 Å². The molecule has 6 heteroatoms. The summed E-state index contributed by atoms with van der Waals surface area (Å²) in [6.45, 7) is -0.244. The average Bonchev–Trinajstić information content (AvgIpc) is 2.60. The maximum absolute atomic E-state index is 14.1. The van der Waals surface area contributed by atoms with E-state index in [1.165, 1.54) is 13.2 Å². The van der Waals surface area contributed by atoms with Crippen molar-refractivity contribution in [1.82, 2.24) is 10.6 Å². The summed E-state index contributed by atoms with van der Waals surface area (Å²) in [5, 5.41) is 5.05. The standard InChI is InChI=1S/C18H19FN2O3/c1-24-18(23)20-12-17(22)21-16(11-13-7-3-2-4-8-13)14-9-5-6-10-15(14)19/h2-10,16H,11-12H2,1H3,(H,20,23)(H,21,22)/t16-/m0/s1. The van der Waals surface area contributed by atoms with Gasteiger partial charge in [0.25, 0.3) is 0 Å². The van der Waals surface area contributed by atoms with Gasteiger partial charge in [-0.05, 0) is 18.1 Å². The van der Waals surface area contributed by atoms with Crippen molar-refractivity contribution < 1.29 is 18.7 Å². The van der Waals surface area contributed by atoms with Crippen LogP contribution in [0.5, 0.6) is 0 Å². The number of hydrogen-bond donors (Lipinski definition) is 2. The van der Waals surface area contributed by atoms with Gasteiger partial charge in [-0.1, -0.05) is 48.5 Å². The van der Waals surface area contributed by atoms with Crippen LogP contribution < -0.4 is 10.6 Å². The van der Waals surface area contributed by atoms with Crippen molar-refractivity contribution in [2.75, 3.05) is 13.7 Å². The Morgan fingerprint density at radius 3 is 2.42 bits per heavy atom. The van der Waals surface area contributed by atoms with Crippen molar-refractivity contribution >= 4 is 12.0 Å². The zero-order valence-corrected chi connectivity index (χ0v) is 13.3. The van der Waals surface area contributed by atoms with Crippen molar-refractivity contribution in [3.63, 3.8) is 0 Å². The van der Waals surface area contributed by atoms with Gasteiger partial charge in [0.15, 0.2) is 0 Å². The molecule has 2 amide bonds. The van der Waals surface area contributed by atoms with Crippen LogP contribution in [0.25, 0.3) is 0 Å². The van der Waals surface area contributed by atoms with Crippen molar-refractivity contribution in [2.45, 2.75) is 12.5 Å². The normalized spacial score (nSPS) is 11.4. The number of amides is 2. The molecule has 0 fully saturated rings. The number of halogens is 1. The van der Waals surface area contributed by atoms with E-state index in [1.54, 1.807) is 18.2 Å². The molecule has 0 unspecified atom stereocenters. The van der Waals surface area contributed by atoms with Crippen LogP contribution in [0.1, 0.15) is 17.2 Å². The molecule has 2 rings (SSSR count). The first kappa shape index (κ1) is 17.5. The Labute approximate surface area is 139 Å². The van der Waals surface area contributed by atoms with E-state index in [4.69, 9.17) is 0 Å². The van der Waals surface area contributed by atoms with Gasteiger partial charge >= 0.3 is 6.09 Å². The van der Waals surface area contributed by atoms with Crippen molar-refractivity contribution in [1.29, 1.82) is 0 Å². The van der Waals surface area contributed by atoms with E-state index < -0.39 is 18.0 Å². The summed E-state index contributed by atoms with van der Waals surface area (Å²) in [4.78, 5) is 23.1. The molecule has 126 valence electrons. The molecule has 0 saturated carbocycles. The molecule has 0 bridgehead atoms. The molecule has 0 aromatic heterocycles. The van der Waals surface area contributed by atoms with Gasteiger partial charge in [-0.25, -0.2) is 9.18 Å². The number of hydrogen-bond acceptors (Lipinski definition) is 3. The average molecular weight is 330 g/mol. The van der Waals surface area contributed by atoms with Crippen LogP contribution in [0.2, 0.25) is 0 Å². The molecule has 1 atom stereocenters. The van der Waals surface area contributed by atoms with Crippen LogP contribution in [0, 0.1) is 5.82 Å². The lowest BCUT2D eigenvalue weighted by atomic mass is 9.98. The molecule has 0 aliphatic carbocycles. The minimum Gasteiger partial charge on any atom is -0.453 e. The first-order valence-corrected chi connectivity index (χ1v) is 7.49. The number of carbonyl (C=O) groups excluding carboxylic acids is 2. The number of alkyl carbamates (subject to hydrolysis) is 1. The lowest BCUT2D eigenvalue weighted by molar-refractivity contribution is -0.120. The molecule has 0 aliphatic heterocycles. The Kier molecular flexibility index (Phi) is 6.31. The third-order valence-corrected chi connectivity index (χ3v) is 3.48. The van der Waals surface area contributed by atoms with E-state index in [1.807, 2.05) is 30.3 Å². The molecule has 0 saturated heterocycles. The topological polar surface area (TPSA) is 67.4 Å². The quantitative estimate of drug-likeness (QED) is 0.855. The Hall–Kier alpha value is -2.89. The Balaban J connectivity index is 2.12. The van der Waals surface area contributed by atoms with E-state index in [2.05, 4.69) is 15.4 Å². The maximum Gasteiger partial charge on any atom is 0.407 e. The predicted molar refractivity (Wildman–Crippen MR) is 87.8 cm³/mol. The molecule has 2 aromatic carbocycles. The summed E-state index contributed by atoms with van der Waals surface area (Å²) in [5.41, 5.74) is 1.36. The summed E-state index contributed by atoms with van der Waals surface area (Å²) in [5.74, 6) is -0.816. The lowest BCUT2D eigenvalue weighted by Gasteiger charge is -2.20. The second-order valence-corrected chi connectivity index (χ2v) is 5.18. The fraction of sp³-hybridized carbons (Fsp3) is 0.222. The van der Waals surface area contributed by atoms with Gasteiger partial charge in [-0.15, -0.1) is 0 Å². The number of carbonyl (C=O) groups is 2. The van der Waals surface area contributed by atoms with E-state index >= 15 is 0 Å². The van der Waals surface area contributed by atoms with Gasteiger partial charge in [0.1, 0.15) is 12.4 Å². The Morgan fingerprint density at radius 1 is 1.08 bits per heavy atom. The second kappa shape index (κ2) is 8.67. The third kappa shape index (κ3) is 5.08. The maximum atomic E-state index is 14.1. The van der Waals surface area contributed by atoms with Crippen molar-refractivity contribution in [2.24, 2.45) is 0 Å². The fourth-order valence-corrected chi connectivity index (χ4v) is 2.32. The van der Waals surface area contributed by atoms with Gasteiger partial charge in [-0.2, -0.15) is 0 Å². The molecule has 5 nitrogen and oxygen atoms in total. The van der Waals surface area contributed by atoms with Crippen LogP contribution in [-0.4, -0.2) is 25.7 Å². The number of ether oxygens (including phenoxy) is 1. The van der Waals surface area contributed by atoms with Crippen LogP contribution in [0.15, 0.2) is 54.6 Å². The highest BCUT2D eigenvalue weighted by molar-refractivity contribution is 5.82. The monoisotopic (exact) mass is 330 g/mol. The SMILES string of the molecule is COC(=O)NCC(=O)N[C@@H](Cc1ccccc1)c1ccccc1F. The summed E-state index contributed by atoms with van der Waals surface area (Å²) >= 11 is 0.